The van der Waals surface area contributed by atoms with E-state index in [4.69, 9.17) is 12.3 Å². The fourth-order valence-electron chi connectivity index (χ4n) is 0.585. The Kier molecular flexibility index (Phi) is 1.42. The first-order chi connectivity index (χ1) is 3.83. The SMILES string of the molecule is [B]c1ccc(CC)o1. The quantitative estimate of drug-likeness (QED) is 0.478. The zero-order valence-electron chi connectivity index (χ0n) is 4.85. The summed E-state index contributed by atoms with van der Waals surface area (Å²) in [7, 11) is 5.29. The van der Waals surface area contributed by atoms with Crippen LogP contribution < -0.4 is 5.66 Å². The molecule has 2 radical (unpaired) electrons. The predicted octanol–water partition coefficient (Wildman–Crippen LogP) is 0.636. The van der Waals surface area contributed by atoms with Crippen molar-refractivity contribution < 1.29 is 4.42 Å². The fraction of sp³-hybridized carbons (Fsp3) is 0.333. The molecule has 0 N–H and O–H groups in total. The average molecular weight is 106 g/mol. The molecule has 0 atom stereocenters. The maximum absolute atomic E-state index is 5.29. The van der Waals surface area contributed by atoms with Crippen molar-refractivity contribution in [2.75, 3.05) is 0 Å². The summed E-state index contributed by atoms with van der Waals surface area (Å²) in [6.45, 7) is 2.03. The van der Waals surface area contributed by atoms with Gasteiger partial charge in [-0.3, -0.25) is 0 Å². The van der Waals surface area contributed by atoms with Gasteiger partial charge in [0.1, 0.15) is 5.76 Å². The van der Waals surface area contributed by atoms with Crippen LogP contribution in [0.15, 0.2) is 16.5 Å². The molecule has 0 bridgehead atoms. The minimum atomic E-state index is 0.502. The molecule has 1 aromatic heterocycles. The third kappa shape index (κ3) is 0.943. The van der Waals surface area contributed by atoms with Crippen LogP contribution in [-0.2, 0) is 6.42 Å². The van der Waals surface area contributed by atoms with Gasteiger partial charge >= 0.3 is 0 Å². The highest BCUT2D eigenvalue weighted by molar-refractivity contribution is 6.29. The second kappa shape index (κ2) is 2.08. The Morgan fingerprint density at radius 1 is 1.62 bits per heavy atom. The van der Waals surface area contributed by atoms with Gasteiger partial charge in [-0.25, -0.2) is 0 Å². The summed E-state index contributed by atoms with van der Waals surface area (Å²) in [6, 6.07) is 3.65. The molecule has 0 spiro atoms. The van der Waals surface area contributed by atoms with Crippen molar-refractivity contribution in [1.82, 2.24) is 0 Å². The molecule has 0 aliphatic heterocycles. The molecular formula is C6H7BO. The summed E-state index contributed by atoms with van der Waals surface area (Å²) in [4.78, 5) is 0. The van der Waals surface area contributed by atoms with E-state index in [1.165, 1.54) is 0 Å². The average Bonchev–Trinajstić information content (AvgIpc) is 2.14. The van der Waals surface area contributed by atoms with Crippen molar-refractivity contribution in [3.05, 3.63) is 17.9 Å². The second-order valence-corrected chi connectivity index (χ2v) is 1.66. The lowest BCUT2D eigenvalue weighted by molar-refractivity contribution is 0.545. The number of hydrogen-bond donors (Lipinski definition) is 0. The van der Waals surface area contributed by atoms with Crippen molar-refractivity contribution in [3.63, 3.8) is 0 Å². The van der Waals surface area contributed by atoms with E-state index in [9.17, 15) is 0 Å². The standard InChI is InChI=1S/C6H7BO/c1-2-5-3-4-6(7)8-5/h3-4H,2H2,1H3. The van der Waals surface area contributed by atoms with E-state index in [1.54, 1.807) is 6.07 Å². The Balaban J connectivity index is 2.84. The van der Waals surface area contributed by atoms with E-state index in [1.807, 2.05) is 13.0 Å². The lowest BCUT2D eigenvalue weighted by atomic mass is 10.1. The maximum Gasteiger partial charge on any atom is 0.167 e. The molecular weight excluding hydrogens is 98.9 g/mol. The third-order valence-corrected chi connectivity index (χ3v) is 1.03. The topological polar surface area (TPSA) is 13.1 Å². The maximum atomic E-state index is 5.29. The van der Waals surface area contributed by atoms with Gasteiger partial charge in [-0.1, -0.05) is 6.92 Å². The Hall–Kier alpha value is -0.655. The zero-order valence-corrected chi connectivity index (χ0v) is 4.85. The van der Waals surface area contributed by atoms with Crippen LogP contribution in [-0.4, -0.2) is 7.85 Å². The van der Waals surface area contributed by atoms with Crippen molar-refractivity contribution >= 4 is 13.5 Å². The van der Waals surface area contributed by atoms with Crippen molar-refractivity contribution in [2.24, 2.45) is 0 Å². The Morgan fingerprint density at radius 3 is 2.62 bits per heavy atom. The molecule has 0 amide bonds. The molecule has 1 heterocycles. The summed E-state index contributed by atoms with van der Waals surface area (Å²) in [5.41, 5.74) is 0.502. The van der Waals surface area contributed by atoms with Crippen molar-refractivity contribution in [2.45, 2.75) is 13.3 Å². The van der Waals surface area contributed by atoms with Gasteiger partial charge in [0.2, 0.25) is 0 Å². The van der Waals surface area contributed by atoms with E-state index < -0.39 is 0 Å². The Labute approximate surface area is 50.1 Å². The summed E-state index contributed by atoms with van der Waals surface area (Å²) < 4.78 is 5.01. The molecule has 0 unspecified atom stereocenters. The molecule has 2 heteroatoms. The van der Waals surface area contributed by atoms with Crippen LogP contribution in [0.5, 0.6) is 0 Å². The van der Waals surface area contributed by atoms with E-state index in [2.05, 4.69) is 0 Å². The van der Waals surface area contributed by atoms with E-state index in [0.29, 0.717) is 5.66 Å². The van der Waals surface area contributed by atoms with Gasteiger partial charge < -0.3 is 4.42 Å². The third-order valence-electron chi connectivity index (χ3n) is 1.03. The van der Waals surface area contributed by atoms with Crippen LogP contribution in [0.3, 0.4) is 0 Å². The minimum Gasteiger partial charge on any atom is -0.478 e. The fourth-order valence-corrected chi connectivity index (χ4v) is 0.585. The molecule has 1 aromatic rings. The Bertz CT molecular complexity index is 169. The number of rotatable bonds is 1. The van der Waals surface area contributed by atoms with Crippen LogP contribution in [0.25, 0.3) is 0 Å². The van der Waals surface area contributed by atoms with Gasteiger partial charge in [0.15, 0.2) is 7.85 Å². The molecule has 0 aromatic carbocycles. The van der Waals surface area contributed by atoms with E-state index in [0.717, 1.165) is 12.2 Å². The van der Waals surface area contributed by atoms with Crippen LogP contribution in [0.1, 0.15) is 12.7 Å². The first kappa shape index (κ1) is 5.48. The summed E-state index contributed by atoms with van der Waals surface area (Å²) in [5, 5.41) is 0. The van der Waals surface area contributed by atoms with Crippen LogP contribution in [0.4, 0.5) is 0 Å². The molecule has 40 valence electrons. The predicted molar refractivity (Wildman–Crippen MR) is 33.5 cm³/mol. The van der Waals surface area contributed by atoms with Crippen LogP contribution in [0.2, 0.25) is 0 Å². The molecule has 0 aliphatic rings. The normalized spacial score (nSPS) is 9.62. The summed E-state index contributed by atoms with van der Waals surface area (Å²) >= 11 is 0. The lowest BCUT2D eigenvalue weighted by Gasteiger charge is -1.83. The van der Waals surface area contributed by atoms with Gasteiger partial charge in [0.05, 0.1) is 0 Å². The highest BCUT2D eigenvalue weighted by atomic mass is 16.3. The van der Waals surface area contributed by atoms with Crippen molar-refractivity contribution in [3.8, 4) is 0 Å². The lowest BCUT2D eigenvalue weighted by Crippen LogP contribution is -1.93. The minimum absolute atomic E-state index is 0.502. The molecule has 1 nitrogen and oxygen atoms in total. The van der Waals surface area contributed by atoms with E-state index in [-0.39, 0.29) is 0 Å². The van der Waals surface area contributed by atoms with E-state index >= 15 is 0 Å². The molecule has 8 heavy (non-hydrogen) atoms. The van der Waals surface area contributed by atoms with Gasteiger partial charge in [-0.05, 0) is 12.1 Å². The van der Waals surface area contributed by atoms with Crippen molar-refractivity contribution in [1.29, 1.82) is 0 Å². The molecule has 0 saturated heterocycles. The van der Waals surface area contributed by atoms with Crippen LogP contribution >= 0.6 is 0 Å². The molecule has 0 saturated carbocycles. The smallest absolute Gasteiger partial charge is 0.167 e. The molecule has 0 aliphatic carbocycles. The molecule has 1 rings (SSSR count). The summed E-state index contributed by atoms with van der Waals surface area (Å²) in [6.07, 6.45) is 0.914. The Morgan fingerprint density at radius 2 is 2.38 bits per heavy atom. The zero-order chi connectivity index (χ0) is 5.98. The largest absolute Gasteiger partial charge is 0.478 e. The first-order valence-corrected chi connectivity index (χ1v) is 2.67. The number of aryl methyl sites for hydroxylation is 1. The van der Waals surface area contributed by atoms with Crippen LogP contribution in [0, 0.1) is 0 Å². The second-order valence-electron chi connectivity index (χ2n) is 1.66. The van der Waals surface area contributed by atoms with Gasteiger partial charge in [0.25, 0.3) is 0 Å². The first-order valence-electron chi connectivity index (χ1n) is 2.67. The highest BCUT2D eigenvalue weighted by Crippen LogP contribution is 1.95. The molecule has 0 fully saturated rings. The number of hydrogen-bond acceptors (Lipinski definition) is 1. The monoisotopic (exact) mass is 106 g/mol. The van der Waals surface area contributed by atoms with Gasteiger partial charge in [-0.2, -0.15) is 0 Å². The summed E-state index contributed by atoms with van der Waals surface area (Å²) in [5.74, 6) is 0.947. The van der Waals surface area contributed by atoms with Gasteiger partial charge in [0, 0.05) is 12.1 Å². The van der Waals surface area contributed by atoms with Gasteiger partial charge in [-0.15, -0.1) is 0 Å². The number of furan rings is 1. The highest BCUT2D eigenvalue weighted by Gasteiger charge is 1.90.